The number of nitrogens with zero attached hydrogens (tertiary/aromatic N) is 1. The Labute approximate surface area is 157 Å². The zero-order chi connectivity index (χ0) is 18.5. The number of nitrogens with one attached hydrogen (secondary N) is 1. The molecule has 0 aromatic heterocycles. The molecule has 0 bridgehead atoms. The molecule has 1 fully saturated rings. The topological polar surface area (TPSA) is 49.4 Å². The van der Waals surface area contributed by atoms with Gasteiger partial charge in [0.15, 0.2) is 0 Å². The van der Waals surface area contributed by atoms with Crippen LogP contribution in [0.4, 0.5) is 4.39 Å². The normalized spacial score (nSPS) is 17.0. The summed E-state index contributed by atoms with van der Waals surface area (Å²) in [5.41, 5.74) is 1.16. The van der Waals surface area contributed by atoms with Crippen LogP contribution >= 0.6 is 11.6 Å². The summed E-state index contributed by atoms with van der Waals surface area (Å²) in [7, 11) is 0. The van der Waals surface area contributed by atoms with Gasteiger partial charge in [0, 0.05) is 19.6 Å². The Bertz CT molecular complexity index is 812. The SMILES string of the molecule is O=C(NCc1cccc(F)c1)C1CCCN(C(=O)c2ccccc2Cl)C1. The van der Waals surface area contributed by atoms with Crippen LogP contribution in [-0.4, -0.2) is 29.8 Å². The summed E-state index contributed by atoms with van der Waals surface area (Å²) >= 11 is 6.11. The van der Waals surface area contributed by atoms with E-state index in [0.29, 0.717) is 29.2 Å². The van der Waals surface area contributed by atoms with E-state index < -0.39 is 0 Å². The lowest BCUT2D eigenvalue weighted by Crippen LogP contribution is -2.45. The number of benzene rings is 2. The summed E-state index contributed by atoms with van der Waals surface area (Å²) in [6.45, 7) is 1.24. The van der Waals surface area contributed by atoms with E-state index in [0.717, 1.165) is 12.8 Å². The third-order valence-corrected chi connectivity index (χ3v) is 4.87. The molecule has 0 saturated carbocycles. The van der Waals surface area contributed by atoms with Gasteiger partial charge in [0.2, 0.25) is 5.91 Å². The molecule has 4 nitrogen and oxygen atoms in total. The Balaban J connectivity index is 1.60. The summed E-state index contributed by atoms with van der Waals surface area (Å²) in [5, 5.41) is 3.25. The standard InChI is InChI=1S/C20H20ClFN2O2/c21-18-9-2-1-8-17(18)20(26)24-10-4-6-15(13-24)19(25)23-12-14-5-3-7-16(22)11-14/h1-3,5,7-9,11,15H,4,6,10,12-13H2,(H,23,25). The molecule has 6 heteroatoms. The number of amides is 2. The van der Waals surface area contributed by atoms with Gasteiger partial charge in [-0.1, -0.05) is 35.9 Å². The maximum atomic E-state index is 13.2. The lowest BCUT2D eigenvalue weighted by molar-refractivity contribution is -0.126. The van der Waals surface area contributed by atoms with Crippen molar-refractivity contribution in [3.8, 4) is 0 Å². The summed E-state index contributed by atoms with van der Waals surface area (Å²) < 4.78 is 13.2. The average Bonchev–Trinajstić information content (AvgIpc) is 2.66. The van der Waals surface area contributed by atoms with E-state index in [4.69, 9.17) is 11.6 Å². The van der Waals surface area contributed by atoms with Crippen molar-refractivity contribution in [1.82, 2.24) is 10.2 Å². The number of likely N-dealkylation sites (tertiary alicyclic amines) is 1. The fourth-order valence-electron chi connectivity index (χ4n) is 3.16. The number of rotatable bonds is 4. The van der Waals surface area contributed by atoms with Gasteiger partial charge in [-0.15, -0.1) is 0 Å². The first-order valence-corrected chi connectivity index (χ1v) is 8.98. The van der Waals surface area contributed by atoms with Crippen molar-refractivity contribution < 1.29 is 14.0 Å². The van der Waals surface area contributed by atoms with Crippen LogP contribution in [0.1, 0.15) is 28.8 Å². The number of halogens is 2. The lowest BCUT2D eigenvalue weighted by atomic mass is 9.96. The summed E-state index contributed by atoms with van der Waals surface area (Å²) in [5.74, 6) is -0.876. The minimum atomic E-state index is -0.328. The highest BCUT2D eigenvalue weighted by molar-refractivity contribution is 6.33. The van der Waals surface area contributed by atoms with Crippen molar-refractivity contribution in [1.29, 1.82) is 0 Å². The molecule has 26 heavy (non-hydrogen) atoms. The quantitative estimate of drug-likeness (QED) is 0.888. The van der Waals surface area contributed by atoms with Crippen molar-refractivity contribution in [2.24, 2.45) is 5.92 Å². The minimum Gasteiger partial charge on any atom is -0.352 e. The molecule has 2 aromatic carbocycles. The fourth-order valence-corrected chi connectivity index (χ4v) is 3.38. The second-order valence-corrected chi connectivity index (χ2v) is 6.83. The maximum Gasteiger partial charge on any atom is 0.255 e. The first-order chi connectivity index (χ1) is 12.5. The van der Waals surface area contributed by atoms with E-state index in [2.05, 4.69) is 5.32 Å². The fraction of sp³-hybridized carbons (Fsp3) is 0.300. The number of hydrogen-bond acceptors (Lipinski definition) is 2. The zero-order valence-electron chi connectivity index (χ0n) is 14.3. The van der Waals surface area contributed by atoms with Gasteiger partial charge in [-0.05, 0) is 42.7 Å². The largest absolute Gasteiger partial charge is 0.352 e. The van der Waals surface area contributed by atoms with Crippen molar-refractivity contribution >= 4 is 23.4 Å². The van der Waals surface area contributed by atoms with Crippen LogP contribution in [0.25, 0.3) is 0 Å². The highest BCUT2D eigenvalue weighted by Crippen LogP contribution is 2.22. The van der Waals surface area contributed by atoms with Gasteiger partial charge in [0.05, 0.1) is 16.5 Å². The molecule has 1 saturated heterocycles. The third kappa shape index (κ3) is 4.41. The smallest absolute Gasteiger partial charge is 0.255 e. The Hall–Kier alpha value is -2.40. The first-order valence-electron chi connectivity index (χ1n) is 8.60. The van der Waals surface area contributed by atoms with E-state index in [-0.39, 0.29) is 30.1 Å². The molecule has 1 unspecified atom stereocenters. The Morgan fingerprint density at radius 3 is 2.77 bits per heavy atom. The van der Waals surface area contributed by atoms with Crippen molar-refractivity contribution in [3.63, 3.8) is 0 Å². The Kier molecular flexibility index (Phi) is 5.89. The number of hydrogen-bond donors (Lipinski definition) is 1. The second-order valence-electron chi connectivity index (χ2n) is 6.42. The maximum absolute atomic E-state index is 13.2. The molecule has 0 spiro atoms. The monoisotopic (exact) mass is 374 g/mol. The van der Waals surface area contributed by atoms with Crippen molar-refractivity contribution in [2.75, 3.05) is 13.1 Å². The molecular formula is C20H20ClFN2O2. The van der Waals surface area contributed by atoms with Crippen molar-refractivity contribution in [3.05, 3.63) is 70.5 Å². The van der Waals surface area contributed by atoms with Crippen LogP contribution in [0.5, 0.6) is 0 Å². The van der Waals surface area contributed by atoms with E-state index in [1.54, 1.807) is 41.3 Å². The summed E-state index contributed by atoms with van der Waals surface area (Å²) in [6.07, 6.45) is 1.48. The van der Waals surface area contributed by atoms with E-state index in [1.165, 1.54) is 12.1 Å². The molecule has 0 aliphatic carbocycles. The minimum absolute atomic E-state index is 0.120. The third-order valence-electron chi connectivity index (χ3n) is 4.54. The Morgan fingerprint density at radius 1 is 1.19 bits per heavy atom. The molecular weight excluding hydrogens is 355 g/mol. The molecule has 1 heterocycles. The van der Waals surface area contributed by atoms with Crippen LogP contribution in [-0.2, 0) is 11.3 Å². The molecule has 1 aliphatic rings. The summed E-state index contributed by atoms with van der Waals surface area (Å²) in [4.78, 5) is 26.8. The molecule has 1 atom stereocenters. The van der Waals surface area contributed by atoms with E-state index >= 15 is 0 Å². The molecule has 1 N–H and O–H groups in total. The molecule has 3 rings (SSSR count). The van der Waals surface area contributed by atoms with Gasteiger partial charge in [-0.2, -0.15) is 0 Å². The van der Waals surface area contributed by atoms with Crippen LogP contribution in [0.15, 0.2) is 48.5 Å². The lowest BCUT2D eigenvalue weighted by Gasteiger charge is -2.32. The number of piperidine rings is 1. The van der Waals surface area contributed by atoms with Gasteiger partial charge in [-0.3, -0.25) is 9.59 Å². The van der Waals surface area contributed by atoms with Gasteiger partial charge >= 0.3 is 0 Å². The van der Waals surface area contributed by atoms with Gasteiger partial charge < -0.3 is 10.2 Å². The summed E-state index contributed by atoms with van der Waals surface area (Å²) in [6, 6.07) is 13.1. The second kappa shape index (κ2) is 8.32. The molecule has 2 amide bonds. The zero-order valence-corrected chi connectivity index (χ0v) is 15.0. The van der Waals surface area contributed by atoms with Crippen molar-refractivity contribution in [2.45, 2.75) is 19.4 Å². The van der Waals surface area contributed by atoms with Crippen LogP contribution in [0.2, 0.25) is 5.02 Å². The molecule has 2 aromatic rings. The van der Waals surface area contributed by atoms with Crippen LogP contribution in [0.3, 0.4) is 0 Å². The predicted molar refractivity (Wildman–Crippen MR) is 98.3 cm³/mol. The van der Waals surface area contributed by atoms with E-state index in [1.807, 2.05) is 0 Å². The first kappa shape index (κ1) is 18.4. The van der Waals surface area contributed by atoms with Crippen LogP contribution < -0.4 is 5.32 Å². The Morgan fingerprint density at radius 2 is 2.00 bits per heavy atom. The number of carbonyl (C=O) groups excluding carboxylic acids is 2. The molecule has 0 radical (unpaired) electrons. The van der Waals surface area contributed by atoms with Crippen LogP contribution in [0, 0.1) is 11.7 Å². The molecule has 1 aliphatic heterocycles. The highest BCUT2D eigenvalue weighted by Gasteiger charge is 2.29. The van der Waals surface area contributed by atoms with Gasteiger partial charge in [0.25, 0.3) is 5.91 Å². The highest BCUT2D eigenvalue weighted by atomic mass is 35.5. The number of carbonyl (C=O) groups is 2. The predicted octanol–water partition coefficient (Wildman–Crippen LogP) is 3.65. The average molecular weight is 375 g/mol. The molecule has 136 valence electrons. The van der Waals surface area contributed by atoms with Gasteiger partial charge in [0.1, 0.15) is 5.82 Å². The van der Waals surface area contributed by atoms with Gasteiger partial charge in [-0.25, -0.2) is 4.39 Å². The van der Waals surface area contributed by atoms with E-state index in [9.17, 15) is 14.0 Å².